The molecule has 2 atom stereocenters. The summed E-state index contributed by atoms with van der Waals surface area (Å²) in [6, 6.07) is 12.2. The summed E-state index contributed by atoms with van der Waals surface area (Å²) in [4.78, 5) is 51.3. The van der Waals surface area contributed by atoms with Gasteiger partial charge in [-0.3, -0.25) is 14.9 Å². The lowest BCUT2D eigenvalue weighted by Crippen LogP contribution is -2.45. The number of halogens is 1. The van der Waals surface area contributed by atoms with Crippen molar-refractivity contribution in [3.05, 3.63) is 87.6 Å². The number of piperidine rings is 1. The van der Waals surface area contributed by atoms with Crippen LogP contribution in [-0.2, 0) is 4.79 Å². The number of carbonyl (C=O) groups excluding carboxylic acids is 2. The average molecular weight is 647 g/mol. The van der Waals surface area contributed by atoms with E-state index >= 15 is 0 Å². The first-order valence-corrected chi connectivity index (χ1v) is 14.8. The van der Waals surface area contributed by atoms with Gasteiger partial charge < -0.3 is 20.6 Å². The summed E-state index contributed by atoms with van der Waals surface area (Å²) in [5, 5.41) is 35.5. The number of anilines is 1. The van der Waals surface area contributed by atoms with Crippen LogP contribution < -0.4 is 21.5 Å². The third kappa shape index (κ3) is 7.92. The number of likely N-dealkylation sites (tertiary alicyclic amines) is 1. The molecule has 4 amide bonds. The summed E-state index contributed by atoms with van der Waals surface area (Å²) < 4.78 is 1.45. The molecular weight excluding hydrogens is 616 g/mol. The van der Waals surface area contributed by atoms with E-state index in [2.05, 4.69) is 41.7 Å². The molecule has 0 aliphatic carbocycles. The summed E-state index contributed by atoms with van der Waals surface area (Å²) in [5.41, 5.74) is 2.35. The number of tetrazole rings is 1. The fourth-order valence-corrected chi connectivity index (χ4v) is 5.56. The molecule has 2 aromatic heterocycles. The minimum atomic E-state index is -1.20. The minimum absolute atomic E-state index is 0.0400. The summed E-state index contributed by atoms with van der Waals surface area (Å²) in [7, 11) is 1.59. The molecule has 46 heavy (non-hydrogen) atoms. The van der Waals surface area contributed by atoms with Crippen molar-refractivity contribution in [1.82, 2.24) is 45.9 Å². The number of nitrogens with zero attached hydrogens (tertiary/aromatic N) is 6. The number of rotatable bonds is 9. The largest absolute Gasteiger partial charge is 0.465 e. The van der Waals surface area contributed by atoms with Crippen molar-refractivity contribution in [2.45, 2.75) is 25.3 Å². The Balaban J connectivity index is 1.43. The van der Waals surface area contributed by atoms with Crippen molar-refractivity contribution < 1.29 is 19.5 Å². The number of carbonyl (C=O) groups is 3. The molecule has 0 radical (unpaired) electrons. The van der Waals surface area contributed by atoms with Gasteiger partial charge >= 0.3 is 12.1 Å². The number of hydrogen-bond acceptors (Lipinski definition) is 8. The van der Waals surface area contributed by atoms with E-state index in [1.54, 1.807) is 66.6 Å². The van der Waals surface area contributed by atoms with Crippen LogP contribution in [0.4, 0.5) is 15.3 Å². The maximum absolute atomic E-state index is 13.4. The molecule has 0 spiro atoms. The Hall–Kier alpha value is -5.57. The van der Waals surface area contributed by atoms with Crippen LogP contribution >= 0.6 is 11.6 Å². The second-order valence-electron chi connectivity index (χ2n) is 10.6. The number of aromatic nitrogens is 6. The number of hydrogen-bond donors (Lipinski definition) is 5. The predicted molar refractivity (Wildman–Crippen MR) is 169 cm³/mol. The fraction of sp³-hybridized carbons (Fsp3) is 0.267. The van der Waals surface area contributed by atoms with Gasteiger partial charge in [-0.25, -0.2) is 14.7 Å². The highest BCUT2D eigenvalue weighted by molar-refractivity contribution is 6.30. The van der Waals surface area contributed by atoms with E-state index in [0.29, 0.717) is 58.3 Å². The predicted octanol–water partition coefficient (Wildman–Crippen LogP) is 3.47. The van der Waals surface area contributed by atoms with Crippen molar-refractivity contribution in [3.63, 3.8) is 0 Å². The van der Waals surface area contributed by atoms with E-state index in [0.717, 1.165) is 12.8 Å². The molecule has 1 unspecified atom stereocenters. The van der Waals surface area contributed by atoms with Crippen LogP contribution in [0.1, 0.15) is 36.6 Å². The lowest BCUT2D eigenvalue weighted by molar-refractivity contribution is -0.117. The molecule has 1 aliphatic rings. The first-order chi connectivity index (χ1) is 22.2. The lowest BCUT2D eigenvalue weighted by atomic mass is 9.89. The van der Waals surface area contributed by atoms with Crippen molar-refractivity contribution in [2.75, 3.05) is 25.5 Å². The van der Waals surface area contributed by atoms with Gasteiger partial charge in [0.1, 0.15) is 6.33 Å². The van der Waals surface area contributed by atoms with Gasteiger partial charge in [0.25, 0.3) is 5.56 Å². The molecule has 0 saturated carbocycles. The van der Waals surface area contributed by atoms with Crippen LogP contribution in [0.5, 0.6) is 0 Å². The van der Waals surface area contributed by atoms with E-state index in [1.807, 2.05) is 0 Å². The zero-order chi connectivity index (χ0) is 32.6. The molecule has 5 rings (SSSR count). The summed E-state index contributed by atoms with van der Waals surface area (Å²) in [6.07, 6.45) is 5.27. The van der Waals surface area contributed by atoms with E-state index in [4.69, 9.17) is 16.7 Å². The molecule has 0 bridgehead atoms. The SMILES string of the molecule is CNC(=O)N1CCCC(C[C@H](NC(=O)C=Cc2cc(Cl)ccc2-n2cnnn2)c2cc(-c3ccc(NC(=O)O)cc3)c(=O)[nH]n2)C1. The first kappa shape index (κ1) is 31.8. The monoisotopic (exact) mass is 646 g/mol. The quantitative estimate of drug-likeness (QED) is 0.169. The molecule has 5 N–H and O–H groups in total. The Kier molecular flexibility index (Phi) is 10.0. The number of benzene rings is 2. The zero-order valence-electron chi connectivity index (χ0n) is 24.7. The third-order valence-electron chi connectivity index (χ3n) is 7.53. The van der Waals surface area contributed by atoms with E-state index in [-0.39, 0.29) is 11.9 Å². The molecule has 1 saturated heterocycles. The van der Waals surface area contributed by atoms with Crippen LogP contribution in [0.3, 0.4) is 0 Å². The second-order valence-corrected chi connectivity index (χ2v) is 11.1. The van der Waals surface area contributed by atoms with Crippen molar-refractivity contribution in [1.29, 1.82) is 0 Å². The van der Waals surface area contributed by atoms with Crippen LogP contribution in [0.15, 0.2) is 65.7 Å². The van der Waals surface area contributed by atoms with Crippen LogP contribution in [0, 0.1) is 5.92 Å². The van der Waals surface area contributed by atoms with Crippen molar-refractivity contribution in [2.24, 2.45) is 5.92 Å². The standard InChI is InChI=1S/C30H31ClN10O5/c1-32-29(44)40-12-2-3-18(16-40)13-24(25-15-23(28(43)37-36-25)19-4-8-22(9-5-19)34-30(45)46)35-27(42)11-6-20-14-21(31)7-10-26(20)41-17-33-38-39-41/h4-11,14-15,17-18,24,34H,2-3,12-13,16H2,1H3,(H,32,44)(H,35,42)(H,37,43)(H,45,46)/t18?,24-/m0/s1. The number of carboxylic acid groups (broad SMARTS) is 1. The van der Waals surface area contributed by atoms with Gasteiger partial charge in [-0.15, -0.1) is 5.10 Å². The summed E-state index contributed by atoms with van der Waals surface area (Å²) >= 11 is 6.23. The molecule has 4 aromatic rings. The first-order valence-electron chi connectivity index (χ1n) is 14.4. The van der Waals surface area contributed by atoms with Gasteiger partial charge in [-0.2, -0.15) is 9.78 Å². The Morgan fingerprint density at radius 3 is 2.70 bits per heavy atom. The molecule has 2 aromatic carbocycles. The molecule has 238 valence electrons. The van der Waals surface area contributed by atoms with E-state index in [1.165, 1.54) is 17.1 Å². The third-order valence-corrected chi connectivity index (χ3v) is 7.77. The number of aromatic amines is 1. The Bertz CT molecular complexity index is 1790. The highest BCUT2D eigenvalue weighted by Crippen LogP contribution is 2.29. The average Bonchev–Trinajstić information content (AvgIpc) is 3.59. The minimum Gasteiger partial charge on any atom is -0.465 e. The molecular formula is C30H31ClN10O5. The summed E-state index contributed by atoms with van der Waals surface area (Å²) in [6.45, 7) is 1.13. The normalized spacial score (nSPS) is 15.3. The van der Waals surface area contributed by atoms with Crippen molar-refractivity contribution in [3.8, 4) is 16.8 Å². The van der Waals surface area contributed by atoms with Gasteiger partial charge in [-0.05, 0) is 83.6 Å². The van der Waals surface area contributed by atoms with Crippen LogP contribution in [0.2, 0.25) is 5.02 Å². The van der Waals surface area contributed by atoms with Gasteiger partial charge in [0.15, 0.2) is 0 Å². The smallest absolute Gasteiger partial charge is 0.409 e. The number of urea groups is 1. The molecule has 15 nitrogen and oxygen atoms in total. The van der Waals surface area contributed by atoms with Gasteiger partial charge in [0, 0.05) is 42.5 Å². The number of nitrogens with one attached hydrogen (secondary N) is 4. The summed E-state index contributed by atoms with van der Waals surface area (Å²) in [5.74, 6) is -0.386. The molecule has 1 aliphatic heterocycles. The van der Waals surface area contributed by atoms with E-state index in [9.17, 15) is 19.2 Å². The zero-order valence-corrected chi connectivity index (χ0v) is 25.4. The highest BCUT2D eigenvalue weighted by atomic mass is 35.5. The Morgan fingerprint density at radius 1 is 1.17 bits per heavy atom. The fourth-order valence-electron chi connectivity index (χ4n) is 5.38. The van der Waals surface area contributed by atoms with Crippen LogP contribution in [0.25, 0.3) is 22.9 Å². The Morgan fingerprint density at radius 2 is 1.98 bits per heavy atom. The maximum Gasteiger partial charge on any atom is 0.409 e. The van der Waals surface area contributed by atoms with E-state index < -0.39 is 23.6 Å². The highest BCUT2D eigenvalue weighted by Gasteiger charge is 2.28. The van der Waals surface area contributed by atoms with Gasteiger partial charge in [-0.1, -0.05) is 23.7 Å². The Labute approximate surface area is 267 Å². The van der Waals surface area contributed by atoms with Crippen molar-refractivity contribution >= 4 is 41.4 Å². The maximum atomic E-state index is 13.4. The number of H-pyrrole nitrogens is 1. The van der Waals surface area contributed by atoms with Gasteiger partial charge in [0.2, 0.25) is 5.91 Å². The topological polar surface area (TPSA) is 200 Å². The molecule has 1 fully saturated rings. The second kappa shape index (κ2) is 14.5. The molecule has 16 heteroatoms. The lowest BCUT2D eigenvalue weighted by Gasteiger charge is -2.34. The number of amides is 4. The molecule has 3 heterocycles. The van der Waals surface area contributed by atoms with Crippen LogP contribution in [-0.4, -0.2) is 78.6 Å². The van der Waals surface area contributed by atoms with Gasteiger partial charge in [0.05, 0.1) is 23.0 Å².